The lowest BCUT2D eigenvalue weighted by Gasteiger charge is -2.25. The van der Waals surface area contributed by atoms with Crippen molar-refractivity contribution in [3.8, 4) is 0 Å². The molecule has 0 bridgehead atoms. The number of rotatable bonds is 5. The summed E-state index contributed by atoms with van der Waals surface area (Å²) in [6.45, 7) is 11.2. The summed E-state index contributed by atoms with van der Waals surface area (Å²) >= 11 is 3.77. The molecule has 0 aliphatic heterocycles. The van der Waals surface area contributed by atoms with E-state index in [-0.39, 0.29) is 0 Å². The normalized spacial score (nSPS) is 15.9. The molecule has 1 rings (SSSR count). The molecule has 1 heterocycles. The Morgan fingerprint density at radius 2 is 2.06 bits per heavy atom. The predicted molar refractivity (Wildman–Crippen MR) is 77.7 cm³/mol. The third kappa shape index (κ3) is 4.46. The first-order valence-electron chi connectivity index (χ1n) is 6.52. The molecule has 0 aliphatic carbocycles. The van der Waals surface area contributed by atoms with Crippen LogP contribution in [0.15, 0.2) is 12.3 Å². The minimum atomic E-state index is 0.319. The molecule has 17 heavy (non-hydrogen) atoms. The lowest BCUT2D eigenvalue weighted by molar-refractivity contribution is 0.384. The van der Waals surface area contributed by atoms with Gasteiger partial charge in [-0.1, -0.05) is 43.6 Å². The van der Waals surface area contributed by atoms with Crippen LogP contribution in [0, 0.1) is 5.41 Å². The van der Waals surface area contributed by atoms with Crippen molar-refractivity contribution in [2.24, 2.45) is 5.41 Å². The van der Waals surface area contributed by atoms with Gasteiger partial charge in [-0.05, 0) is 37.7 Å². The molecule has 0 amide bonds. The van der Waals surface area contributed by atoms with Crippen LogP contribution >= 0.6 is 15.9 Å². The van der Waals surface area contributed by atoms with Crippen LogP contribution < -0.4 is 0 Å². The second-order valence-electron chi connectivity index (χ2n) is 5.92. The van der Waals surface area contributed by atoms with Gasteiger partial charge in [0.1, 0.15) is 0 Å². The number of aryl methyl sites for hydroxylation is 1. The topological polar surface area (TPSA) is 17.8 Å². The van der Waals surface area contributed by atoms with Gasteiger partial charge in [-0.3, -0.25) is 4.68 Å². The quantitative estimate of drug-likeness (QED) is 0.727. The molecule has 2 unspecified atom stereocenters. The number of hydrogen-bond acceptors (Lipinski definition) is 1. The SMILES string of the molecule is CCC(C)n1ccc(CCC(Br)C(C)(C)C)n1. The molecule has 3 heteroatoms. The maximum atomic E-state index is 4.63. The van der Waals surface area contributed by atoms with E-state index >= 15 is 0 Å². The van der Waals surface area contributed by atoms with E-state index in [0.717, 1.165) is 19.3 Å². The van der Waals surface area contributed by atoms with Crippen LogP contribution in [0.2, 0.25) is 0 Å². The van der Waals surface area contributed by atoms with Gasteiger partial charge < -0.3 is 0 Å². The zero-order chi connectivity index (χ0) is 13.1. The summed E-state index contributed by atoms with van der Waals surface area (Å²) < 4.78 is 2.08. The lowest BCUT2D eigenvalue weighted by Crippen LogP contribution is -2.20. The monoisotopic (exact) mass is 300 g/mol. The maximum Gasteiger partial charge on any atom is 0.0625 e. The Bertz CT molecular complexity index is 338. The molecule has 0 fully saturated rings. The molecular formula is C14H25BrN2. The highest BCUT2D eigenvalue weighted by Gasteiger charge is 2.21. The van der Waals surface area contributed by atoms with Crippen LogP contribution in [-0.4, -0.2) is 14.6 Å². The fraction of sp³-hybridized carbons (Fsp3) is 0.786. The summed E-state index contributed by atoms with van der Waals surface area (Å²) in [6.07, 6.45) is 5.42. The van der Waals surface area contributed by atoms with E-state index in [9.17, 15) is 0 Å². The summed E-state index contributed by atoms with van der Waals surface area (Å²) in [5.74, 6) is 0. The van der Waals surface area contributed by atoms with Crippen LogP contribution in [-0.2, 0) is 6.42 Å². The Morgan fingerprint density at radius 3 is 2.59 bits per heavy atom. The van der Waals surface area contributed by atoms with Crippen molar-refractivity contribution in [1.82, 2.24) is 9.78 Å². The maximum absolute atomic E-state index is 4.63. The average molecular weight is 301 g/mol. The zero-order valence-electron chi connectivity index (χ0n) is 11.7. The molecule has 0 saturated heterocycles. The van der Waals surface area contributed by atoms with Gasteiger partial charge in [0.25, 0.3) is 0 Å². The van der Waals surface area contributed by atoms with Crippen molar-refractivity contribution >= 4 is 15.9 Å². The summed E-state index contributed by atoms with van der Waals surface area (Å²) in [4.78, 5) is 0.545. The second kappa shape index (κ2) is 6.03. The largest absolute Gasteiger partial charge is 0.270 e. The van der Waals surface area contributed by atoms with E-state index in [1.54, 1.807) is 0 Å². The molecule has 0 aliphatic rings. The molecule has 0 spiro atoms. The Balaban J connectivity index is 2.50. The Morgan fingerprint density at radius 1 is 1.41 bits per heavy atom. The van der Waals surface area contributed by atoms with Gasteiger partial charge in [-0.15, -0.1) is 0 Å². The molecular weight excluding hydrogens is 276 g/mol. The number of halogens is 1. The van der Waals surface area contributed by atoms with Crippen molar-refractivity contribution in [3.63, 3.8) is 0 Å². The van der Waals surface area contributed by atoms with Crippen molar-refractivity contribution < 1.29 is 0 Å². The molecule has 0 saturated carbocycles. The van der Waals surface area contributed by atoms with E-state index in [1.165, 1.54) is 5.69 Å². The second-order valence-corrected chi connectivity index (χ2v) is 7.02. The highest BCUT2D eigenvalue weighted by atomic mass is 79.9. The number of nitrogens with zero attached hydrogens (tertiary/aromatic N) is 2. The molecule has 1 aromatic heterocycles. The van der Waals surface area contributed by atoms with Gasteiger partial charge >= 0.3 is 0 Å². The van der Waals surface area contributed by atoms with E-state index < -0.39 is 0 Å². The van der Waals surface area contributed by atoms with Gasteiger partial charge in [0.2, 0.25) is 0 Å². The van der Waals surface area contributed by atoms with E-state index in [2.05, 4.69) is 72.6 Å². The number of hydrogen-bond donors (Lipinski definition) is 0. The van der Waals surface area contributed by atoms with Crippen molar-refractivity contribution in [1.29, 1.82) is 0 Å². The van der Waals surface area contributed by atoms with Crippen LogP contribution in [0.4, 0.5) is 0 Å². The van der Waals surface area contributed by atoms with Gasteiger partial charge in [-0.25, -0.2) is 0 Å². The van der Waals surface area contributed by atoms with Gasteiger partial charge in [0.15, 0.2) is 0 Å². The molecule has 0 aromatic carbocycles. The smallest absolute Gasteiger partial charge is 0.0625 e. The minimum absolute atomic E-state index is 0.319. The Hall–Kier alpha value is -0.310. The van der Waals surface area contributed by atoms with Crippen LogP contribution in [0.25, 0.3) is 0 Å². The minimum Gasteiger partial charge on any atom is -0.270 e. The van der Waals surface area contributed by atoms with E-state index in [4.69, 9.17) is 0 Å². The van der Waals surface area contributed by atoms with E-state index in [0.29, 0.717) is 16.3 Å². The molecule has 2 atom stereocenters. The third-order valence-corrected chi connectivity index (χ3v) is 5.13. The molecule has 0 N–H and O–H groups in total. The highest BCUT2D eigenvalue weighted by molar-refractivity contribution is 9.09. The summed E-state index contributed by atoms with van der Waals surface area (Å²) in [5.41, 5.74) is 1.53. The fourth-order valence-electron chi connectivity index (χ4n) is 1.65. The predicted octanol–water partition coefficient (Wildman–Crippen LogP) is 4.60. The van der Waals surface area contributed by atoms with Crippen LogP contribution in [0.5, 0.6) is 0 Å². The highest BCUT2D eigenvalue weighted by Crippen LogP contribution is 2.29. The van der Waals surface area contributed by atoms with Gasteiger partial charge in [0, 0.05) is 17.1 Å². The summed E-state index contributed by atoms with van der Waals surface area (Å²) in [5, 5.41) is 4.63. The molecule has 2 nitrogen and oxygen atoms in total. The first-order valence-corrected chi connectivity index (χ1v) is 7.44. The Labute approximate surface area is 114 Å². The standard InChI is InChI=1S/C14H25BrN2/c1-6-11(2)17-10-9-12(16-17)7-8-13(15)14(3,4)5/h9-11,13H,6-8H2,1-5H3. The Kier molecular flexibility index (Phi) is 5.23. The van der Waals surface area contributed by atoms with Crippen molar-refractivity contribution in [2.75, 3.05) is 0 Å². The van der Waals surface area contributed by atoms with Gasteiger partial charge in [-0.2, -0.15) is 5.10 Å². The molecule has 0 radical (unpaired) electrons. The molecule has 98 valence electrons. The summed E-state index contributed by atoms with van der Waals surface area (Å²) in [6, 6.07) is 2.65. The average Bonchev–Trinajstić information content (AvgIpc) is 2.72. The van der Waals surface area contributed by atoms with E-state index in [1.807, 2.05) is 0 Å². The van der Waals surface area contributed by atoms with Crippen LogP contribution in [0.1, 0.15) is 59.2 Å². The lowest BCUT2D eigenvalue weighted by atomic mass is 9.89. The van der Waals surface area contributed by atoms with Crippen molar-refractivity contribution in [2.45, 2.75) is 64.8 Å². The fourth-order valence-corrected chi connectivity index (χ4v) is 1.88. The first-order chi connectivity index (χ1) is 7.84. The van der Waals surface area contributed by atoms with Crippen LogP contribution in [0.3, 0.4) is 0 Å². The number of alkyl halides is 1. The third-order valence-electron chi connectivity index (χ3n) is 3.30. The summed E-state index contributed by atoms with van der Waals surface area (Å²) in [7, 11) is 0. The van der Waals surface area contributed by atoms with Gasteiger partial charge in [0.05, 0.1) is 5.69 Å². The zero-order valence-corrected chi connectivity index (χ0v) is 13.3. The first kappa shape index (κ1) is 14.7. The number of aromatic nitrogens is 2. The molecule has 1 aromatic rings. The van der Waals surface area contributed by atoms with Crippen molar-refractivity contribution in [3.05, 3.63) is 18.0 Å².